The van der Waals surface area contributed by atoms with Gasteiger partial charge in [0.05, 0.1) is 23.8 Å². The van der Waals surface area contributed by atoms with Gasteiger partial charge in [-0.25, -0.2) is 14.8 Å². The number of hydrogen-bond acceptors (Lipinski definition) is 7. The number of hydrogen-bond donors (Lipinski definition) is 2. The first kappa shape index (κ1) is 18.1. The van der Waals surface area contributed by atoms with Crippen LogP contribution in [0.1, 0.15) is 5.69 Å². The number of nitrogens with one attached hydrogen (secondary N) is 2. The van der Waals surface area contributed by atoms with E-state index in [1.165, 1.54) is 0 Å². The molecule has 0 spiro atoms. The van der Waals surface area contributed by atoms with Gasteiger partial charge in [0.15, 0.2) is 11.6 Å². The van der Waals surface area contributed by atoms with E-state index in [0.29, 0.717) is 23.0 Å². The Kier molecular flexibility index (Phi) is 5.85. The smallest absolute Gasteiger partial charge is 0.387 e. The number of nitrogens with zero attached hydrogens (tertiary/aromatic N) is 5. The zero-order valence-corrected chi connectivity index (χ0v) is 14.3. The summed E-state index contributed by atoms with van der Waals surface area (Å²) in [4.78, 5) is 24.4. The van der Waals surface area contributed by atoms with Gasteiger partial charge in [0.1, 0.15) is 0 Å². The van der Waals surface area contributed by atoms with Crippen molar-refractivity contribution in [1.29, 1.82) is 0 Å². The lowest BCUT2D eigenvalue weighted by Crippen LogP contribution is -2.19. The summed E-state index contributed by atoms with van der Waals surface area (Å²) in [5.74, 6) is 0.752. The van der Waals surface area contributed by atoms with Gasteiger partial charge in [-0.3, -0.25) is 15.0 Å². The number of pyridine rings is 1. The van der Waals surface area contributed by atoms with Crippen LogP contribution in [0.15, 0.2) is 43.0 Å². The van der Waals surface area contributed by atoms with Gasteiger partial charge in [0, 0.05) is 25.5 Å². The predicted molar refractivity (Wildman–Crippen MR) is 94.4 cm³/mol. The standard InChI is InChI=1S/C15H15N7O2.ClH/c1-10-8-17-13(19-11-4-3-6-16-9-11)14(18-10)24-15(23)20-12-5-7-22(2)21-12;/h3-9H,1-2H3,(H,17,19)(H,20,21,23);1H. The van der Waals surface area contributed by atoms with E-state index in [9.17, 15) is 4.79 Å². The molecule has 25 heavy (non-hydrogen) atoms. The number of rotatable bonds is 4. The number of carbonyl (C=O) groups excluding carboxylic acids is 1. The van der Waals surface area contributed by atoms with E-state index in [2.05, 4.69) is 30.7 Å². The fraction of sp³-hybridized carbons (Fsp3) is 0.133. The highest BCUT2D eigenvalue weighted by Crippen LogP contribution is 2.23. The quantitative estimate of drug-likeness (QED) is 0.735. The first-order valence-corrected chi connectivity index (χ1v) is 7.09. The molecule has 130 valence electrons. The highest BCUT2D eigenvalue weighted by Gasteiger charge is 2.14. The van der Waals surface area contributed by atoms with E-state index in [4.69, 9.17) is 4.74 Å². The maximum Gasteiger partial charge on any atom is 0.419 e. The van der Waals surface area contributed by atoms with E-state index < -0.39 is 6.09 Å². The van der Waals surface area contributed by atoms with Crippen LogP contribution in [0.25, 0.3) is 0 Å². The number of aryl methyl sites for hydroxylation is 2. The molecule has 0 aromatic carbocycles. The Hall–Kier alpha value is -3.20. The summed E-state index contributed by atoms with van der Waals surface area (Å²) in [5.41, 5.74) is 1.32. The summed E-state index contributed by atoms with van der Waals surface area (Å²) in [6, 6.07) is 5.24. The molecule has 3 aromatic heterocycles. The Morgan fingerprint density at radius 2 is 2.12 bits per heavy atom. The highest BCUT2D eigenvalue weighted by atomic mass is 35.5. The molecule has 3 rings (SSSR count). The summed E-state index contributed by atoms with van der Waals surface area (Å²) in [6.45, 7) is 1.75. The van der Waals surface area contributed by atoms with Gasteiger partial charge in [-0.15, -0.1) is 12.4 Å². The van der Waals surface area contributed by atoms with Crippen molar-refractivity contribution in [2.24, 2.45) is 7.05 Å². The van der Waals surface area contributed by atoms with Gasteiger partial charge in [-0.2, -0.15) is 5.10 Å². The van der Waals surface area contributed by atoms with Crippen molar-refractivity contribution < 1.29 is 9.53 Å². The summed E-state index contributed by atoms with van der Waals surface area (Å²) < 4.78 is 6.82. The molecule has 0 saturated carbocycles. The van der Waals surface area contributed by atoms with Gasteiger partial charge in [0.25, 0.3) is 5.88 Å². The molecule has 9 nitrogen and oxygen atoms in total. The lowest BCUT2D eigenvalue weighted by atomic mass is 10.4. The molecule has 10 heteroatoms. The maximum absolute atomic E-state index is 12.0. The Morgan fingerprint density at radius 3 is 2.80 bits per heavy atom. The first-order valence-electron chi connectivity index (χ1n) is 7.09. The van der Waals surface area contributed by atoms with E-state index in [0.717, 1.165) is 0 Å². The van der Waals surface area contributed by atoms with Crippen LogP contribution in [-0.4, -0.2) is 30.8 Å². The van der Waals surface area contributed by atoms with Crippen molar-refractivity contribution in [2.75, 3.05) is 10.6 Å². The van der Waals surface area contributed by atoms with Gasteiger partial charge >= 0.3 is 6.09 Å². The molecule has 0 saturated heterocycles. The van der Waals surface area contributed by atoms with Gasteiger partial charge in [-0.1, -0.05) is 0 Å². The Morgan fingerprint density at radius 1 is 1.28 bits per heavy atom. The Balaban J connectivity index is 0.00000225. The number of ether oxygens (including phenoxy) is 1. The molecule has 0 aliphatic heterocycles. The predicted octanol–water partition coefficient (Wildman–Crippen LogP) is 2.69. The monoisotopic (exact) mass is 361 g/mol. The van der Waals surface area contributed by atoms with Crippen molar-refractivity contribution in [1.82, 2.24) is 24.7 Å². The third-order valence-corrected chi connectivity index (χ3v) is 2.92. The average Bonchev–Trinajstić information content (AvgIpc) is 2.96. The minimum atomic E-state index is -0.706. The highest BCUT2D eigenvalue weighted by molar-refractivity contribution is 5.86. The van der Waals surface area contributed by atoms with E-state index >= 15 is 0 Å². The SMILES string of the molecule is Cc1cnc(Nc2cccnc2)c(OC(=O)Nc2ccn(C)n2)n1.Cl. The zero-order valence-electron chi connectivity index (χ0n) is 13.5. The van der Waals surface area contributed by atoms with E-state index in [1.54, 1.807) is 55.6 Å². The number of amides is 1. The Bertz CT molecular complexity index is 854. The lowest BCUT2D eigenvalue weighted by molar-refractivity contribution is 0.213. The van der Waals surface area contributed by atoms with Crippen LogP contribution in [0.2, 0.25) is 0 Å². The molecular formula is C15H16ClN7O2. The number of anilines is 3. The van der Waals surface area contributed by atoms with Crippen molar-refractivity contribution in [3.8, 4) is 5.88 Å². The second kappa shape index (κ2) is 8.06. The number of halogens is 1. The molecule has 3 aromatic rings. The van der Waals surface area contributed by atoms with Gasteiger partial charge in [0.2, 0.25) is 0 Å². The van der Waals surface area contributed by atoms with Crippen molar-refractivity contribution in [3.05, 3.63) is 48.7 Å². The van der Waals surface area contributed by atoms with E-state index in [-0.39, 0.29) is 18.3 Å². The summed E-state index contributed by atoms with van der Waals surface area (Å²) in [5, 5.41) is 9.58. The lowest BCUT2D eigenvalue weighted by Gasteiger charge is -2.10. The third-order valence-electron chi connectivity index (χ3n) is 2.92. The number of carbonyl (C=O) groups is 1. The fourth-order valence-electron chi connectivity index (χ4n) is 1.89. The second-order valence-corrected chi connectivity index (χ2v) is 4.92. The Labute approximate surface area is 149 Å². The van der Waals surface area contributed by atoms with Crippen molar-refractivity contribution >= 4 is 35.8 Å². The topological polar surface area (TPSA) is 107 Å². The van der Waals surface area contributed by atoms with Crippen molar-refractivity contribution in [3.63, 3.8) is 0 Å². The van der Waals surface area contributed by atoms with Crippen LogP contribution in [0.4, 0.5) is 22.1 Å². The number of aromatic nitrogens is 5. The molecule has 0 fully saturated rings. The van der Waals surface area contributed by atoms with Crippen LogP contribution in [0.3, 0.4) is 0 Å². The van der Waals surface area contributed by atoms with Crippen LogP contribution in [-0.2, 0) is 7.05 Å². The summed E-state index contributed by atoms with van der Waals surface area (Å²) in [7, 11) is 1.75. The first-order chi connectivity index (χ1) is 11.6. The fourth-order valence-corrected chi connectivity index (χ4v) is 1.89. The maximum atomic E-state index is 12.0. The molecule has 0 radical (unpaired) electrons. The molecule has 1 amide bonds. The molecule has 0 aliphatic carbocycles. The third kappa shape index (κ3) is 4.88. The van der Waals surface area contributed by atoms with Crippen molar-refractivity contribution in [2.45, 2.75) is 6.92 Å². The van der Waals surface area contributed by atoms with Crippen LogP contribution in [0.5, 0.6) is 5.88 Å². The van der Waals surface area contributed by atoms with Crippen LogP contribution >= 0.6 is 12.4 Å². The van der Waals surface area contributed by atoms with E-state index in [1.807, 2.05) is 6.07 Å². The minimum absolute atomic E-state index is 0. The summed E-state index contributed by atoms with van der Waals surface area (Å²) >= 11 is 0. The van der Waals surface area contributed by atoms with Crippen LogP contribution < -0.4 is 15.4 Å². The molecule has 2 N–H and O–H groups in total. The molecule has 3 heterocycles. The molecule has 0 bridgehead atoms. The molecule has 0 unspecified atom stereocenters. The molecule has 0 aliphatic rings. The molecular weight excluding hydrogens is 346 g/mol. The second-order valence-electron chi connectivity index (χ2n) is 4.92. The zero-order chi connectivity index (χ0) is 16.9. The average molecular weight is 362 g/mol. The van der Waals surface area contributed by atoms with Gasteiger partial charge in [-0.05, 0) is 19.1 Å². The largest absolute Gasteiger partial charge is 0.419 e. The normalized spacial score (nSPS) is 9.84. The summed E-state index contributed by atoms with van der Waals surface area (Å²) in [6.07, 6.45) is 5.85. The van der Waals surface area contributed by atoms with Crippen LogP contribution in [0, 0.1) is 6.92 Å². The molecule has 0 atom stereocenters. The van der Waals surface area contributed by atoms with Gasteiger partial charge < -0.3 is 10.1 Å². The minimum Gasteiger partial charge on any atom is -0.387 e.